The van der Waals surface area contributed by atoms with Gasteiger partial charge in [0.05, 0.1) is 7.05 Å². The smallest absolute Gasteiger partial charge is 0.323 e. The Hall–Kier alpha value is -1.89. The van der Waals surface area contributed by atoms with E-state index in [2.05, 4.69) is 5.32 Å². The molecule has 20 heavy (non-hydrogen) atoms. The van der Waals surface area contributed by atoms with Crippen molar-refractivity contribution >= 4 is 11.7 Å². The molecule has 0 aromatic carbocycles. The second-order valence-electron chi connectivity index (χ2n) is 4.97. The highest BCUT2D eigenvalue weighted by molar-refractivity contribution is 5.93. The molecule has 7 nitrogen and oxygen atoms in total. The van der Waals surface area contributed by atoms with E-state index >= 15 is 0 Å². The molecule has 2 heterocycles. The first-order chi connectivity index (χ1) is 9.56. The topological polar surface area (TPSA) is 80.4 Å². The molecule has 7 heteroatoms. The van der Waals surface area contributed by atoms with Crippen molar-refractivity contribution in [2.45, 2.75) is 25.8 Å². The van der Waals surface area contributed by atoms with E-state index in [1.807, 2.05) is 11.8 Å². The Morgan fingerprint density at radius 1 is 1.50 bits per heavy atom. The molecule has 0 bridgehead atoms. The average molecular weight is 280 g/mol. The first kappa shape index (κ1) is 14.5. The van der Waals surface area contributed by atoms with Crippen LogP contribution >= 0.6 is 0 Å². The van der Waals surface area contributed by atoms with E-state index in [9.17, 15) is 14.9 Å². The maximum Gasteiger partial charge on any atom is 0.323 e. The van der Waals surface area contributed by atoms with Gasteiger partial charge in [-0.05, 0) is 43.8 Å². The van der Waals surface area contributed by atoms with Gasteiger partial charge < -0.3 is 20.3 Å². The average Bonchev–Trinajstić information content (AvgIpc) is 2.82. The fourth-order valence-corrected chi connectivity index (χ4v) is 2.73. The van der Waals surface area contributed by atoms with Crippen LogP contribution in [-0.2, 0) is 7.05 Å². The Morgan fingerprint density at radius 2 is 2.15 bits per heavy atom. The molecule has 0 aliphatic carbocycles. The number of amides is 1. The van der Waals surface area contributed by atoms with Crippen molar-refractivity contribution in [1.29, 1.82) is 0 Å². The van der Waals surface area contributed by atoms with Crippen LogP contribution in [0.1, 0.15) is 30.3 Å². The third-order valence-corrected chi connectivity index (χ3v) is 3.85. The molecule has 1 aliphatic heterocycles. The number of rotatable bonds is 4. The van der Waals surface area contributed by atoms with E-state index in [0.29, 0.717) is 12.2 Å². The summed E-state index contributed by atoms with van der Waals surface area (Å²) in [5.41, 5.74) is 0.372. The van der Waals surface area contributed by atoms with Gasteiger partial charge >= 0.3 is 5.82 Å². The molecule has 110 valence electrons. The van der Waals surface area contributed by atoms with Gasteiger partial charge in [-0.1, -0.05) is 0 Å². The highest BCUT2D eigenvalue weighted by atomic mass is 16.6. The zero-order valence-corrected chi connectivity index (χ0v) is 11.8. The number of nitrogens with zero attached hydrogens (tertiary/aromatic N) is 3. The molecular formula is C13H20N4O3. The standard InChI is InChI=1S/C13H20N4O3/c1-3-16(10-6-8-14-9-7-10)13(18)11-4-5-12(15(11)2)17(19)20/h4-5,10,14H,3,6-9H2,1-2H3. The maximum atomic E-state index is 12.6. The fraction of sp³-hybridized carbons (Fsp3) is 0.615. The summed E-state index contributed by atoms with van der Waals surface area (Å²) < 4.78 is 1.35. The molecular weight excluding hydrogens is 260 g/mol. The molecule has 1 aromatic rings. The zero-order valence-electron chi connectivity index (χ0n) is 11.8. The summed E-state index contributed by atoms with van der Waals surface area (Å²) >= 11 is 0. The summed E-state index contributed by atoms with van der Waals surface area (Å²) in [6.07, 6.45) is 1.85. The van der Waals surface area contributed by atoms with Gasteiger partial charge in [0.25, 0.3) is 5.91 Å². The Morgan fingerprint density at radius 3 is 2.65 bits per heavy atom. The number of carbonyl (C=O) groups excluding carboxylic acids is 1. The third-order valence-electron chi connectivity index (χ3n) is 3.85. The number of nitro groups is 1. The lowest BCUT2D eigenvalue weighted by molar-refractivity contribution is -0.391. The highest BCUT2D eigenvalue weighted by Gasteiger charge is 2.29. The number of hydrogen-bond acceptors (Lipinski definition) is 4. The summed E-state index contributed by atoms with van der Waals surface area (Å²) in [4.78, 5) is 24.8. The molecule has 1 amide bonds. The lowest BCUT2D eigenvalue weighted by Gasteiger charge is -2.33. The summed E-state index contributed by atoms with van der Waals surface area (Å²) in [5, 5.41) is 14.1. The van der Waals surface area contributed by atoms with Crippen LogP contribution in [0.5, 0.6) is 0 Å². The quantitative estimate of drug-likeness (QED) is 0.662. The summed E-state index contributed by atoms with van der Waals surface area (Å²) in [5.74, 6) is -0.190. The van der Waals surface area contributed by atoms with E-state index in [1.165, 1.54) is 16.7 Å². The van der Waals surface area contributed by atoms with Gasteiger partial charge in [-0.25, -0.2) is 4.57 Å². The van der Waals surface area contributed by atoms with Gasteiger partial charge in [-0.15, -0.1) is 0 Å². The Bertz CT molecular complexity index is 506. The number of nitrogens with one attached hydrogen (secondary N) is 1. The van der Waals surface area contributed by atoms with E-state index in [1.54, 1.807) is 7.05 Å². The van der Waals surface area contributed by atoms with Gasteiger partial charge in [-0.3, -0.25) is 4.79 Å². The van der Waals surface area contributed by atoms with Crippen LogP contribution in [0.2, 0.25) is 0 Å². The second kappa shape index (κ2) is 6.04. The van der Waals surface area contributed by atoms with Gasteiger partial charge in [0.1, 0.15) is 0 Å². The monoisotopic (exact) mass is 280 g/mol. The molecule has 0 saturated carbocycles. The van der Waals surface area contributed by atoms with Crippen molar-refractivity contribution in [3.05, 3.63) is 27.9 Å². The van der Waals surface area contributed by atoms with Crippen molar-refractivity contribution in [1.82, 2.24) is 14.8 Å². The van der Waals surface area contributed by atoms with E-state index in [0.717, 1.165) is 25.9 Å². The Labute approximate surface area is 117 Å². The van der Waals surface area contributed by atoms with Crippen LogP contribution in [0.25, 0.3) is 0 Å². The second-order valence-corrected chi connectivity index (χ2v) is 4.97. The SMILES string of the molecule is CCN(C(=O)c1ccc([N+](=O)[O-])n1C)C1CCNCC1. The first-order valence-corrected chi connectivity index (χ1v) is 6.88. The van der Waals surface area contributed by atoms with Crippen molar-refractivity contribution < 1.29 is 9.72 Å². The molecule has 1 aliphatic rings. The molecule has 0 radical (unpaired) electrons. The normalized spacial score (nSPS) is 16.1. The van der Waals surface area contributed by atoms with Crippen molar-refractivity contribution in [3.8, 4) is 0 Å². The molecule has 0 spiro atoms. The van der Waals surface area contributed by atoms with E-state index < -0.39 is 4.92 Å². The summed E-state index contributed by atoms with van der Waals surface area (Å²) in [6.45, 7) is 4.36. The molecule has 1 N–H and O–H groups in total. The minimum atomic E-state index is -0.475. The zero-order chi connectivity index (χ0) is 14.7. The number of aromatic nitrogens is 1. The minimum Gasteiger partial charge on any atom is -0.358 e. The highest BCUT2D eigenvalue weighted by Crippen LogP contribution is 2.20. The van der Waals surface area contributed by atoms with Gasteiger partial charge in [0.2, 0.25) is 0 Å². The van der Waals surface area contributed by atoms with Crippen molar-refractivity contribution in [2.24, 2.45) is 7.05 Å². The molecule has 1 saturated heterocycles. The molecule has 2 rings (SSSR count). The predicted octanol–water partition coefficient (Wildman–Crippen LogP) is 1.15. The van der Waals surface area contributed by atoms with Gasteiger partial charge in [-0.2, -0.15) is 0 Å². The largest absolute Gasteiger partial charge is 0.358 e. The molecule has 1 fully saturated rings. The number of piperidine rings is 1. The van der Waals surface area contributed by atoms with Crippen LogP contribution in [0.3, 0.4) is 0 Å². The van der Waals surface area contributed by atoms with Crippen LogP contribution < -0.4 is 5.32 Å². The first-order valence-electron chi connectivity index (χ1n) is 6.88. The molecule has 0 atom stereocenters. The predicted molar refractivity (Wildman–Crippen MR) is 74.7 cm³/mol. The lowest BCUT2D eigenvalue weighted by atomic mass is 10.0. The lowest BCUT2D eigenvalue weighted by Crippen LogP contribution is -2.46. The summed E-state index contributed by atoms with van der Waals surface area (Å²) in [6, 6.07) is 3.12. The van der Waals surface area contributed by atoms with Gasteiger partial charge in [0.15, 0.2) is 5.69 Å². The minimum absolute atomic E-state index is 0.0605. The summed E-state index contributed by atoms with van der Waals surface area (Å²) in [7, 11) is 1.56. The maximum absolute atomic E-state index is 12.6. The van der Waals surface area contributed by atoms with E-state index in [4.69, 9.17) is 0 Å². The van der Waals surface area contributed by atoms with Crippen LogP contribution in [0, 0.1) is 10.1 Å². The number of carbonyl (C=O) groups is 1. The van der Waals surface area contributed by atoms with E-state index in [-0.39, 0.29) is 17.8 Å². The van der Waals surface area contributed by atoms with Crippen LogP contribution in [-0.4, -0.2) is 46.0 Å². The number of hydrogen-bond donors (Lipinski definition) is 1. The van der Waals surface area contributed by atoms with Crippen molar-refractivity contribution in [2.75, 3.05) is 19.6 Å². The third kappa shape index (κ3) is 2.67. The van der Waals surface area contributed by atoms with Crippen LogP contribution in [0.4, 0.5) is 5.82 Å². The fourth-order valence-electron chi connectivity index (χ4n) is 2.73. The Balaban J connectivity index is 2.22. The molecule has 1 aromatic heterocycles. The van der Waals surface area contributed by atoms with Gasteiger partial charge in [0, 0.05) is 18.7 Å². The molecule has 0 unspecified atom stereocenters. The van der Waals surface area contributed by atoms with Crippen molar-refractivity contribution in [3.63, 3.8) is 0 Å². The van der Waals surface area contributed by atoms with Crippen LogP contribution in [0.15, 0.2) is 12.1 Å². The Kier molecular flexibility index (Phi) is 4.39.